The van der Waals surface area contributed by atoms with Gasteiger partial charge in [-0.2, -0.15) is 13.2 Å². The van der Waals surface area contributed by atoms with Crippen LogP contribution in [-0.4, -0.2) is 83.4 Å². The van der Waals surface area contributed by atoms with Crippen molar-refractivity contribution in [3.63, 3.8) is 0 Å². The van der Waals surface area contributed by atoms with Crippen LogP contribution in [0.15, 0.2) is 30.3 Å². The van der Waals surface area contributed by atoms with Crippen LogP contribution in [0.2, 0.25) is 0 Å². The van der Waals surface area contributed by atoms with Crippen molar-refractivity contribution in [3.8, 4) is 0 Å². The molecule has 50 heavy (non-hydrogen) atoms. The van der Waals surface area contributed by atoms with Crippen molar-refractivity contribution >= 4 is 35.5 Å². The molecule has 3 fully saturated rings. The van der Waals surface area contributed by atoms with Gasteiger partial charge in [0.1, 0.15) is 12.1 Å². The monoisotopic (exact) mass is 707 g/mol. The molecule has 1 aliphatic heterocycles. The number of likely N-dealkylation sites (tertiary alicyclic amines) is 1. The van der Waals surface area contributed by atoms with Gasteiger partial charge in [0, 0.05) is 13.1 Å². The third kappa shape index (κ3) is 8.94. The van der Waals surface area contributed by atoms with Crippen LogP contribution in [0.1, 0.15) is 73.3 Å². The molecule has 2 aliphatic carbocycles. The summed E-state index contributed by atoms with van der Waals surface area (Å²) >= 11 is 0. The zero-order valence-electron chi connectivity index (χ0n) is 29.5. The number of nitrogens with zero attached hydrogens (tertiary/aromatic N) is 1. The number of hydrogen-bond donors (Lipinski definition) is 4. The van der Waals surface area contributed by atoms with Gasteiger partial charge in [0.2, 0.25) is 29.1 Å². The molecule has 4 N–H and O–H groups in total. The van der Waals surface area contributed by atoms with E-state index in [1.807, 2.05) is 44.2 Å². The number of piperidine rings is 1. The van der Waals surface area contributed by atoms with Gasteiger partial charge in [-0.15, -0.1) is 0 Å². The van der Waals surface area contributed by atoms with Gasteiger partial charge in [-0.25, -0.2) is 4.79 Å². The number of carbonyl (C=O) groups excluding carboxylic acids is 6. The number of alkyl carbamates (subject to hydrolysis) is 1. The van der Waals surface area contributed by atoms with Gasteiger partial charge in [-0.3, -0.25) is 24.0 Å². The molecule has 1 aromatic rings. The van der Waals surface area contributed by atoms with E-state index in [2.05, 4.69) is 26.0 Å². The summed E-state index contributed by atoms with van der Waals surface area (Å²) in [5.74, 6) is -4.09. The number of ketones is 1. The molecule has 15 heteroatoms. The molecular weight excluding hydrogens is 659 g/mol. The summed E-state index contributed by atoms with van der Waals surface area (Å²) in [6.07, 6.45) is -4.48. The molecule has 276 valence electrons. The Morgan fingerprint density at radius 1 is 0.940 bits per heavy atom. The Balaban J connectivity index is 1.45. The van der Waals surface area contributed by atoms with E-state index in [1.54, 1.807) is 20.8 Å². The summed E-state index contributed by atoms with van der Waals surface area (Å²) in [7, 11) is 0. The lowest BCUT2D eigenvalue weighted by atomic mass is 9.85. The van der Waals surface area contributed by atoms with Crippen LogP contribution in [0.5, 0.6) is 0 Å². The van der Waals surface area contributed by atoms with E-state index in [-0.39, 0.29) is 42.7 Å². The second kappa shape index (κ2) is 14.2. The number of hydrogen-bond acceptors (Lipinski definition) is 7. The first-order chi connectivity index (χ1) is 23.0. The maximum Gasteiger partial charge on any atom is 0.427 e. The van der Waals surface area contributed by atoms with Crippen molar-refractivity contribution in [1.29, 1.82) is 0 Å². The normalized spacial score (nSPS) is 22.4. The van der Waals surface area contributed by atoms with Crippen LogP contribution in [0.3, 0.4) is 0 Å². The molecule has 5 atom stereocenters. The van der Waals surface area contributed by atoms with E-state index in [0.717, 1.165) is 18.4 Å². The molecule has 2 saturated carbocycles. The zero-order chi connectivity index (χ0) is 37.4. The molecular formula is C35H48F3N5O7. The van der Waals surface area contributed by atoms with Crippen molar-refractivity contribution in [2.24, 2.45) is 28.6 Å². The Hall–Kier alpha value is -4.17. The van der Waals surface area contributed by atoms with E-state index in [9.17, 15) is 41.9 Å². The number of fused-ring (bicyclic) bond motifs is 1. The molecule has 3 aliphatic rings. The van der Waals surface area contributed by atoms with E-state index in [1.165, 1.54) is 4.90 Å². The molecule has 0 bridgehead atoms. The third-order valence-electron chi connectivity index (χ3n) is 10.0. The smallest absolute Gasteiger partial charge is 0.427 e. The highest BCUT2D eigenvalue weighted by atomic mass is 19.4. The lowest BCUT2D eigenvalue weighted by Gasteiger charge is -2.38. The van der Waals surface area contributed by atoms with E-state index < -0.39 is 77.4 Å². The molecule has 0 spiro atoms. The Morgan fingerprint density at radius 3 is 2.12 bits per heavy atom. The van der Waals surface area contributed by atoms with E-state index >= 15 is 0 Å². The van der Waals surface area contributed by atoms with Gasteiger partial charge in [-0.05, 0) is 54.4 Å². The van der Waals surface area contributed by atoms with Gasteiger partial charge in [0.15, 0.2) is 0 Å². The Labute approximate surface area is 290 Å². The number of amides is 5. The summed E-state index contributed by atoms with van der Waals surface area (Å²) < 4.78 is 44.9. The first-order valence-electron chi connectivity index (χ1n) is 16.8. The van der Waals surface area contributed by atoms with Gasteiger partial charge in [0.25, 0.3) is 5.91 Å². The number of benzene rings is 1. The predicted octanol–water partition coefficient (Wildman–Crippen LogP) is 3.24. The molecule has 12 nitrogen and oxygen atoms in total. The van der Waals surface area contributed by atoms with Gasteiger partial charge in [0.05, 0.1) is 12.6 Å². The number of halogens is 3. The Morgan fingerprint density at radius 2 is 1.56 bits per heavy atom. The van der Waals surface area contributed by atoms with Gasteiger partial charge in [-0.1, -0.05) is 77.8 Å². The summed E-state index contributed by atoms with van der Waals surface area (Å²) in [6, 6.07) is 5.48. The van der Waals surface area contributed by atoms with Gasteiger partial charge >= 0.3 is 12.3 Å². The topological polar surface area (TPSA) is 163 Å². The van der Waals surface area contributed by atoms with Crippen LogP contribution in [0.4, 0.5) is 18.0 Å². The minimum Gasteiger partial charge on any atom is -0.434 e. The number of carbonyl (C=O) groups is 6. The number of nitrogens with one attached hydrogen (secondary N) is 4. The number of ether oxygens (including phenoxy) is 1. The maximum atomic E-state index is 14.1. The average Bonchev–Trinajstić information content (AvgIpc) is 3.87. The molecule has 4 rings (SSSR count). The predicted molar refractivity (Wildman–Crippen MR) is 175 cm³/mol. The Bertz CT molecular complexity index is 1490. The zero-order valence-corrected chi connectivity index (χ0v) is 29.5. The maximum absolute atomic E-state index is 14.1. The van der Waals surface area contributed by atoms with Crippen LogP contribution in [0, 0.1) is 28.6 Å². The van der Waals surface area contributed by atoms with E-state index in [0.29, 0.717) is 13.8 Å². The molecule has 1 unspecified atom stereocenters. The van der Waals surface area contributed by atoms with Crippen LogP contribution in [-0.2, 0) is 35.3 Å². The van der Waals surface area contributed by atoms with Gasteiger partial charge < -0.3 is 30.9 Å². The summed E-state index contributed by atoms with van der Waals surface area (Å²) in [6.45, 7) is 10.1. The fraction of sp³-hybridized carbons (Fsp3) is 0.657. The first kappa shape index (κ1) is 38.6. The quantitative estimate of drug-likeness (QED) is 0.229. The number of rotatable bonds is 13. The molecule has 1 saturated heterocycles. The number of Topliss-reactive ketones (excluding diaryl/α,β-unsaturated/α-hetero) is 1. The fourth-order valence-electron chi connectivity index (χ4n) is 6.51. The molecule has 1 heterocycles. The summed E-state index contributed by atoms with van der Waals surface area (Å²) in [5, 5.41) is 10.00. The Kier molecular flexibility index (Phi) is 11.0. The lowest BCUT2D eigenvalue weighted by molar-refractivity contribution is -0.244. The van der Waals surface area contributed by atoms with Crippen molar-refractivity contribution in [1.82, 2.24) is 26.2 Å². The second-order valence-electron chi connectivity index (χ2n) is 15.8. The lowest BCUT2D eigenvalue weighted by Crippen LogP contribution is -2.61. The van der Waals surface area contributed by atoms with Crippen molar-refractivity contribution in [2.75, 3.05) is 13.1 Å². The fourth-order valence-corrected chi connectivity index (χ4v) is 6.51. The summed E-state index contributed by atoms with van der Waals surface area (Å²) in [5.41, 5.74) is -3.31. The molecule has 5 amide bonds. The van der Waals surface area contributed by atoms with Crippen LogP contribution >= 0.6 is 0 Å². The standard InChI is InChI=1S/C35H48F3N5O7/c1-32(2,3)27(42-31(49)50-34(6,7)35(36,37)38)30(48)43-18-21-24(33(21,4)5)25(43)28(46)41-22(15-19-13-14-19)26(45)29(47)40-17-23(44)39-16-20-11-9-8-10-12-20/h8-12,19,21-22,24-25,27H,13-18H2,1-7H3,(H,39,44)(H,40,47)(H,41,46)(H,42,49)/t21-,22?,24-,25-,27+/m0/s1. The molecule has 0 aromatic heterocycles. The number of alkyl halides is 3. The minimum atomic E-state index is -4.86. The highest BCUT2D eigenvalue weighted by Crippen LogP contribution is 2.65. The largest absolute Gasteiger partial charge is 0.434 e. The molecule has 1 aromatic carbocycles. The highest BCUT2D eigenvalue weighted by molar-refractivity contribution is 6.38. The van der Waals surface area contributed by atoms with E-state index in [4.69, 9.17) is 0 Å². The summed E-state index contributed by atoms with van der Waals surface area (Å²) in [4.78, 5) is 80.6. The van der Waals surface area contributed by atoms with Crippen LogP contribution in [0.25, 0.3) is 0 Å². The van der Waals surface area contributed by atoms with Crippen molar-refractivity contribution in [2.45, 2.75) is 104 Å². The van der Waals surface area contributed by atoms with Crippen molar-refractivity contribution in [3.05, 3.63) is 35.9 Å². The second-order valence-corrected chi connectivity index (χ2v) is 15.8. The third-order valence-corrected chi connectivity index (χ3v) is 10.0. The van der Waals surface area contributed by atoms with Crippen LogP contribution < -0.4 is 21.3 Å². The minimum absolute atomic E-state index is 0.0887. The molecule has 0 radical (unpaired) electrons. The van der Waals surface area contributed by atoms with Crippen molar-refractivity contribution < 1.29 is 46.7 Å². The SMILES string of the molecule is CC(C)(C)[C@H](NC(=O)OC(C)(C)C(F)(F)F)C(=O)N1C[C@H]2[C@@H]([C@H]1C(=O)NC(CC1CC1)C(=O)C(=O)NCC(=O)NCc1ccccc1)C2(C)C. The highest BCUT2D eigenvalue weighted by Gasteiger charge is 2.70. The first-order valence-corrected chi connectivity index (χ1v) is 16.8. The average molecular weight is 708 g/mol.